The number of rotatable bonds is 5. The van der Waals surface area contributed by atoms with E-state index in [4.69, 9.17) is 14.2 Å². The van der Waals surface area contributed by atoms with E-state index in [0.717, 1.165) is 11.1 Å². The third kappa shape index (κ3) is 3.07. The molecule has 0 radical (unpaired) electrons. The van der Waals surface area contributed by atoms with Crippen molar-refractivity contribution in [2.24, 2.45) is 0 Å². The second-order valence-corrected chi connectivity index (χ2v) is 6.88. The number of ether oxygens (including phenoxy) is 3. The third-order valence-corrected chi connectivity index (χ3v) is 5.16. The zero-order chi connectivity index (χ0) is 19.7. The van der Waals surface area contributed by atoms with Crippen LogP contribution in [0, 0.1) is 0 Å². The van der Waals surface area contributed by atoms with Crippen molar-refractivity contribution in [1.29, 1.82) is 0 Å². The summed E-state index contributed by atoms with van der Waals surface area (Å²) in [7, 11) is 4.65. The van der Waals surface area contributed by atoms with Crippen LogP contribution in [0.5, 0.6) is 17.2 Å². The molecule has 0 aliphatic heterocycles. The summed E-state index contributed by atoms with van der Waals surface area (Å²) in [4.78, 5) is 17.8. The highest BCUT2D eigenvalue weighted by Crippen LogP contribution is 2.38. The SMILES string of the molecule is COc1cc(/C=c2/sc3nc(-c4ccccc4)nn3c2=O)cc(OC)c1OC. The first-order chi connectivity index (χ1) is 13.6. The monoisotopic (exact) mass is 395 g/mol. The van der Waals surface area contributed by atoms with Gasteiger partial charge in [0.05, 0.1) is 25.9 Å². The van der Waals surface area contributed by atoms with Gasteiger partial charge in [-0.1, -0.05) is 41.7 Å². The van der Waals surface area contributed by atoms with E-state index in [1.807, 2.05) is 30.3 Å². The van der Waals surface area contributed by atoms with Gasteiger partial charge >= 0.3 is 0 Å². The summed E-state index contributed by atoms with van der Waals surface area (Å²) in [5, 5.41) is 4.35. The number of hydrogen-bond acceptors (Lipinski definition) is 7. The summed E-state index contributed by atoms with van der Waals surface area (Å²) in [6.07, 6.45) is 1.76. The Bertz CT molecular complexity index is 1220. The topological polar surface area (TPSA) is 75.0 Å². The molecule has 0 saturated carbocycles. The van der Waals surface area contributed by atoms with Crippen molar-refractivity contribution < 1.29 is 14.2 Å². The molecule has 0 saturated heterocycles. The van der Waals surface area contributed by atoms with Crippen molar-refractivity contribution in [3.05, 3.63) is 62.9 Å². The van der Waals surface area contributed by atoms with Gasteiger partial charge in [-0.05, 0) is 23.8 Å². The summed E-state index contributed by atoms with van der Waals surface area (Å²) >= 11 is 1.28. The van der Waals surface area contributed by atoms with Crippen LogP contribution in [0.25, 0.3) is 22.4 Å². The Morgan fingerprint density at radius 2 is 1.68 bits per heavy atom. The molecule has 4 aromatic rings. The average Bonchev–Trinajstić information content (AvgIpc) is 3.27. The van der Waals surface area contributed by atoms with E-state index in [9.17, 15) is 4.79 Å². The van der Waals surface area contributed by atoms with E-state index >= 15 is 0 Å². The fourth-order valence-electron chi connectivity index (χ4n) is 2.88. The number of nitrogens with zero attached hydrogens (tertiary/aromatic N) is 3. The Balaban J connectivity index is 1.81. The predicted molar refractivity (Wildman–Crippen MR) is 107 cm³/mol. The molecule has 0 amide bonds. The van der Waals surface area contributed by atoms with Crippen molar-refractivity contribution in [2.75, 3.05) is 21.3 Å². The summed E-state index contributed by atoms with van der Waals surface area (Å²) in [6, 6.07) is 13.1. The Hall–Kier alpha value is -3.39. The van der Waals surface area contributed by atoms with Crippen LogP contribution in [-0.2, 0) is 0 Å². The fraction of sp³-hybridized carbons (Fsp3) is 0.150. The number of hydrogen-bond donors (Lipinski definition) is 0. The molecule has 0 spiro atoms. The van der Waals surface area contributed by atoms with Gasteiger partial charge in [-0.3, -0.25) is 4.79 Å². The lowest BCUT2D eigenvalue weighted by atomic mass is 10.1. The number of aromatic nitrogens is 3. The summed E-state index contributed by atoms with van der Waals surface area (Å²) in [5.74, 6) is 2.07. The molecule has 4 rings (SSSR count). The van der Waals surface area contributed by atoms with Crippen LogP contribution < -0.4 is 24.3 Å². The summed E-state index contributed by atoms with van der Waals surface area (Å²) in [6.45, 7) is 0. The van der Waals surface area contributed by atoms with E-state index in [-0.39, 0.29) is 5.56 Å². The second kappa shape index (κ2) is 7.32. The summed E-state index contributed by atoms with van der Waals surface area (Å²) in [5.41, 5.74) is 1.40. The second-order valence-electron chi connectivity index (χ2n) is 5.87. The van der Waals surface area contributed by atoms with Crippen LogP contribution in [0.15, 0.2) is 47.3 Å². The maximum Gasteiger partial charge on any atom is 0.291 e. The normalized spacial score (nSPS) is 11.8. The molecule has 8 heteroatoms. The van der Waals surface area contributed by atoms with Gasteiger partial charge in [0.25, 0.3) is 5.56 Å². The van der Waals surface area contributed by atoms with Crippen molar-refractivity contribution in [3.63, 3.8) is 0 Å². The predicted octanol–water partition coefficient (Wildman–Crippen LogP) is 2.39. The smallest absolute Gasteiger partial charge is 0.291 e. The molecule has 28 heavy (non-hydrogen) atoms. The number of thiazole rings is 1. The number of fused-ring (bicyclic) bond motifs is 1. The molecule has 0 aliphatic carbocycles. The standard InChI is InChI=1S/C20H17N3O4S/c1-25-14-9-12(10-15(26-2)17(14)27-3)11-16-19(24)23-20(28-16)21-18(22-23)13-7-5-4-6-8-13/h4-11H,1-3H3/b16-11+. The van der Waals surface area contributed by atoms with Gasteiger partial charge in [0, 0.05) is 5.56 Å². The van der Waals surface area contributed by atoms with Crippen LogP contribution in [0.2, 0.25) is 0 Å². The van der Waals surface area contributed by atoms with Crippen molar-refractivity contribution in [1.82, 2.24) is 14.6 Å². The highest BCUT2D eigenvalue weighted by Gasteiger charge is 2.14. The Labute approximate surface area is 164 Å². The molecule has 7 nitrogen and oxygen atoms in total. The lowest BCUT2D eigenvalue weighted by Gasteiger charge is -2.12. The van der Waals surface area contributed by atoms with Crippen LogP contribution in [0.4, 0.5) is 0 Å². The Morgan fingerprint density at radius 3 is 2.25 bits per heavy atom. The van der Waals surface area contributed by atoms with Crippen LogP contribution in [-0.4, -0.2) is 35.9 Å². The molecule has 2 aromatic carbocycles. The van der Waals surface area contributed by atoms with Gasteiger partial charge in [-0.25, -0.2) is 0 Å². The van der Waals surface area contributed by atoms with Gasteiger partial charge in [0.1, 0.15) is 0 Å². The third-order valence-electron chi connectivity index (χ3n) is 4.20. The van der Waals surface area contributed by atoms with Crippen molar-refractivity contribution in [3.8, 4) is 28.6 Å². The fourth-order valence-corrected chi connectivity index (χ4v) is 3.79. The largest absolute Gasteiger partial charge is 0.493 e. The van der Waals surface area contributed by atoms with Crippen molar-refractivity contribution >= 4 is 22.4 Å². The Kier molecular flexibility index (Phi) is 4.70. The van der Waals surface area contributed by atoms with Crippen molar-refractivity contribution in [2.45, 2.75) is 0 Å². The lowest BCUT2D eigenvalue weighted by Crippen LogP contribution is -2.23. The van der Waals surface area contributed by atoms with Crippen LogP contribution in [0.3, 0.4) is 0 Å². The summed E-state index contributed by atoms with van der Waals surface area (Å²) < 4.78 is 17.9. The molecule has 2 aromatic heterocycles. The maximum atomic E-state index is 12.8. The van der Waals surface area contributed by atoms with E-state index in [1.165, 1.54) is 15.9 Å². The van der Waals surface area contributed by atoms with Gasteiger partial charge < -0.3 is 14.2 Å². The first-order valence-corrected chi connectivity index (χ1v) is 9.23. The molecule has 0 fully saturated rings. The molecule has 0 unspecified atom stereocenters. The highest BCUT2D eigenvalue weighted by molar-refractivity contribution is 7.15. The number of benzene rings is 2. The maximum absolute atomic E-state index is 12.8. The average molecular weight is 395 g/mol. The minimum atomic E-state index is -0.219. The molecule has 0 atom stereocenters. The molecular formula is C20H17N3O4S. The first kappa shape index (κ1) is 18.0. The van der Waals surface area contributed by atoms with E-state index < -0.39 is 0 Å². The Morgan fingerprint density at radius 1 is 1.00 bits per heavy atom. The first-order valence-electron chi connectivity index (χ1n) is 8.41. The van der Waals surface area contributed by atoms with Gasteiger partial charge in [-0.2, -0.15) is 9.50 Å². The molecule has 0 N–H and O–H groups in total. The number of methoxy groups -OCH3 is 3. The minimum absolute atomic E-state index is 0.219. The van der Waals surface area contributed by atoms with Gasteiger partial charge in [-0.15, -0.1) is 5.10 Å². The molecular weight excluding hydrogens is 378 g/mol. The van der Waals surface area contributed by atoms with E-state index in [1.54, 1.807) is 39.5 Å². The zero-order valence-electron chi connectivity index (χ0n) is 15.5. The van der Waals surface area contributed by atoms with E-state index in [2.05, 4.69) is 10.1 Å². The molecule has 0 bridgehead atoms. The quantitative estimate of drug-likeness (QED) is 0.517. The van der Waals surface area contributed by atoms with Gasteiger partial charge in [0.2, 0.25) is 10.7 Å². The van der Waals surface area contributed by atoms with E-state index in [0.29, 0.717) is 32.6 Å². The molecule has 2 heterocycles. The lowest BCUT2D eigenvalue weighted by molar-refractivity contribution is 0.324. The molecule has 0 aliphatic rings. The molecule has 142 valence electrons. The zero-order valence-corrected chi connectivity index (χ0v) is 16.3. The van der Waals surface area contributed by atoms with Crippen LogP contribution in [0.1, 0.15) is 5.56 Å². The minimum Gasteiger partial charge on any atom is -0.493 e. The van der Waals surface area contributed by atoms with Gasteiger partial charge in [0.15, 0.2) is 17.3 Å². The highest BCUT2D eigenvalue weighted by atomic mass is 32.1. The van der Waals surface area contributed by atoms with Crippen LogP contribution >= 0.6 is 11.3 Å².